The predicted molar refractivity (Wildman–Crippen MR) is 63.7 cm³/mol. The highest BCUT2D eigenvalue weighted by Gasteiger charge is 2.18. The van der Waals surface area contributed by atoms with Gasteiger partial charge in [0, 0.05) is 25.1 Å². The van der Waals surface area contributed by atoms with E-state index in [1.165, 1.54) is 0 Å². The zero-order valence-electron chi connectivity index (χ0n) is 9.76. The monoisotopic (exact) mass is 235 g/mol. The van der Waals surface area contributed by atoms with E-state index in [-0.39, 0.29) is 12.5 Å². The Morgan fingerprint density at radius 1 is 1.41 bits per heavy atom. The molecule has 0 spiro atoms. The molecule has 1 aliphatic rings. The van der Waals surface area contributed by atoms with E-state index in [0.717, 1.165) is 11.3 Å². The van der Waals surface area contributed by atoms with Gasteiger partial charge in [0.15, 0.2) is 0 Å². The second kappa shape index (κ2) is 5.68. The van der Waals surface area contributed by atoms with E-state index >= 15 is 0 Å². The van der Waals surface area contributed by atoms with Crippen LogP contribution in [0, 0.1) is 0 Å². The zero-order chi connectivity index (χ0) is 12.1. The van der Waals surface area contributed by atoms with Crippen LogP contribution < -0.4 is 4.74 Å². The van der Waals surface area contributed by atoms with Crippen LogP contribution in [-0.4, -0.2) is 35.7 Å². The van der Waals surface area contributed by atoms with Crippen LogP contribution in [0.5, 0.6) is 5.75 Å². The van der Waals surface area contributed by atoms with Crippen molar-refractivity contribution in [1.82, 2.24) is 4.90 Å². The van der Waals surface area contributed by atoms with Gasteiger partial charge in [-0.3, -0.25) is 4.79 Å². The normalized spacial score (nSPS) is 14.8. The molecule has 1 heterocycles. The first-order chi connectivity index (χ1) is 8.31. The maximum Gasteiger partial charge on any atom is 0.223 e. The third-order valence-corrected chi connectivity index (χ3v) is 2.85. The summed E-state index contributed by atoms with van der Waals surface area (Å²) < 4.78 is 5.59. The fraction of sp³-hybridized carbons (Fsp3) is 0.462. The van der Waals surface area contributed by atoms with Crippen molar-refractivity contribution < 1.29 is 14.6 Å². The first kappa shape index (κ1) is 11.9. The van der Waals surface area contributed by atoms with E-state index in [2.05, 4.69) is 0 Å². The molecule has 92 valence electrons. The summed E-state index contributed by atoms with van der Waals surface area (Å²) in [5.74, 6) is 0.948. The molecule has 1 aromatic rings. The summed E-state index contributed by atoms with van der Waals surface area (Å²) in [5.41, 5.74) is 1.04. The van der Waals surface area contributed by atoms with Crippen LogP contribution in [0.4, 0.5) is 0 Å². The number of rotatable bonds is 3. The van der Waals surface area contributed by atoms with Crippen molar-refractivity contribution in [2.45, 2.75) is 19.4 Å². The number of carbonyl (C=O) groups excluding carboxylic acids is 1. The van der Waals surface area contributed by atoms with Gasteiger partial charge in [0.1, 0.15) is 12.4 Å². The number of ether oxygens (including phenoxy) is 1. The molecule has 0 bridgehead atoms. The number of aliphatic hydroxyl groups is 1. The van der Waals surface area contributed by atoms with E-state index in [0.29, 0.717) is 32.5 Å². The number of nitrogens with zero attached hydrogens (tertiary/aromatic N) is 1. The molecule has 0 saturated carbocycles. The van der Waals surface area contributed by atoms with Crippen LogP contribution >= 0.6 is 0 Å². The molecule has 0 radical (unpaired) electrons. The van der Waals surface area contributed by atoms with E-state index in [1.54, 1.807) is 4.90 Å². The Hall–Kier alpha value is -1.55. The van der Waals surface area contributed by atoms with E-state index in [1.807, 2.05) is 24.3 Å². The van der Waals surface area contributed by atoms with Gasteiger partial charge in [-0.25, -0.2) is 0 Å². The minimum absolute atomic E-state index is 0.0622. The summed E-state index contributed by atoms with van der Waals surface area (Å²) in [6.45, 7) is 1.80. The smallest absolute Gasteiger partial charge is 0.223 e. The summed E-state index contributed by atoms with van der Waals surface area (Å²) >= 11 is 0. The number of fused-ring (bicyclic) bond motifs is 1. The minimum atomic E-state index is 0.0622. The van der Waals surface area contributed by atoms with Gasteiger partial charge in [-0.1, -0.05) is 18.2 Å². The number of aliphatic hydroxyl groups excluding tert-OH is 1. The lowest BCUT2D eigenvalue weighted by Crippen LogP contribution is -2.32. The van der Waals surface area contributed by atoms with Crippen molar-refractivity contribution in [3.05, 3.63) is 29.8 Å². The quantitative estimate of drug-likeness (QED) is 0.856. The third kappa shape index (κ3) is 2.97. The molecule has 0 fully saturated rings. The number of amides is 1. The molecule has 4 nitrogen and oxygen atoms in total. The van der Waals surface area contributed by atoms with Crippen LogP contribution in [0.25, 0.3) is 0 Å². The summed E-state index contributed by atoms with van der Waals surface area (Å²) in [5, 5.41) is 8.73. The minimum Gasteiger partial charge on any atom is -0.491 e. The molecule has 4 heteroatoms. The Morgan fingerprint density at radius 2 is 2.24 bits per heavy atom. The summed E-state index contributed by atoms with van der Waals surface area (Å²) in [6.07, 6.45) is 0.927. The molecule has 1 aromatic carbocycles. The molecule has 1 amide bonds. The first-order valence-electron chi connectivity index (χ1n) is 5.90. The highest BCUT2D eigenvalue weighted by molar-refractivity contribution is 5.76. The standard InChI is InChI=1S/C13H17NO3/c15-8-3-6-13(16)14-7-9-17-12-5-2-1-4-11(12)10-14/h1-2,4-5,15H,3,6-10H2. The van der Waals surface area contributed by atoms with Crippen molar-refractivity contribution >= 4 is 5.91 Å². The lowest BCUT2D eigenvalue weighted by molar-refractivity contribution is -0.132. The van der Waals surface area contributed by atoms with Gasteiger partial charge in [0.25, 0.3) is 0 Å². The Kier molecular flexibility index (Phi) is 3.98. The van der Waals surface area contributed by atoms with Gasteiger partial charge in [-0.15, -0.1) is 0 Å². The molecule has 0 saturated heterocycles. The SMILES string of the molecule is O=C(CCCO)N1CCOc2ccccc2C1. The number of benzene rings is 1. The summed E-state index contributed by atoms with van der Waals surface area (Å²) in [6, 6.07) is 7.79. The van der Waals surface area contributed by atoms with Crippen LogP contribution in [0.2, 0.25) is 0 Å². The Labute approximate surface area is 101 Å². The highest BCUT2D eigenvalue weighted by atomic mass is 16.5. The predicted octanol–water partition coefficient (Wildman–Crippen LogP) is 1.18. The third-order valence-electron chi connectivity index (χ3n) is 2.85. The van der Waals surface area contributed by atoms with Gasteiger partial charge in [-0.2, -0.15) is 0 Å². The molecule has 1 aliphatic heterocycles. The fourth-order valence-electron chi connectivity index (χ4n) is 1.93. The molecule has 0 atom stereocenters. The van der Waals surface area contributed by atoms with Gasteiger partial charge in [0.2, 0.25) is 5.91 Å². The van der Waals surface area contributed by atoms with E-state index in [9.17, 15) is 4.79 Å². The average molecular weight is 235 g/mol. The van der Waals surface area contributed by atoms with Crippen LogP contribution in [0.15, 0.2) is 24.3 Å². The maximum absolute atomic E-state index is 11.9. The molecule has 1 N–H and O–H groups in total. The lowest BCUT2D eigenvalue weighted by atomic mass is 10.2. The first-order valence-corrected chi connectivity index (χ1v) is 5.90. The Morgan fingerprint density at radius 3 is 3.06 bits per heavy atom. The number of carbonyl (C=O) groups is 1. The van der Waals surface area contributed by atoms with E-state index < -0.39 is 0 Å². The fourth-order valence-corrected chi connectivity index (χ4v) is 1.93. The van der Waals surface area contributed by atoms with Gasteiger partial charge in [-0.05, 0) is 12.5 Å². The Bertz CT molecular complexity index is 392. The summed E-state index contributed by atoms with van der Waals surface area (Å²) in [7, 11) is 0. The molecule has 0 aromatic heterocycles. The van der Waals surface area contributed by atoms with Crippen molar-refractivity contribution in [3.63, 3.8) is 0 Å². The lowest BCUT2D eigenvalue weighted by Gasteiger charge is -2.19. The van der Waals surface area contributed by atoms with E-state index in [4.69, 9.17) is 9.84 Å². The molecule has 0 unspecified atom stereocenters. The van der Waals surface area contributed by atoms with Gasteiger partial charge >= 0.3 is 0 Å². The van der Waals surface area contributed by atoms with Crippen LogP contribution in [0.1, 0.15) is 18.4 Å². The second-order valence-electron chi connectivity index (χ2n) is 4.10. The summed E-state index contributed by atoms with van der Waals surface area (Å²) in [4.78, 5) is 13.7. The molecular weight excluding hydrogens is 218 g/mol. The number of para-hydroxylation sites is 1. The number of hydrogen-bond acceptors (Lipinski definition) is 3. The molecule has 0 aliphatic carbocycles. The van der Waals surface area contributed by atoms with Crippen molar-refractivity contribution in [2.75, 3.05) is 19.8 Å². The molecule has 17 heavy (non-hydrogen) atoms. The van der Waals surface area contributed by atoms with Crippen molar-refractivity contribution in [3.8, 4) is 5.75 Å². The molecule has 2 rings (SSSR count). The zero-order valence-corrected chi connectivity index (χ0v) is 9.76. The van der Waals surface area contributed by atoms with Gasteiger partial charge < -0.3 is 14.7 Å². The van der Waals surface area contributed by atoms with Gasteiger partial charge in [0.05, 0.1) is 6.54 Å². The maximum atomic E-state index is 11.9. The number of hydrogen-bond donors (Lipinski definition) is 1. The highest BCUT2D eigenvalue weighted by Crippen LogP contribution is 2.22. The van der Waals surface area contributed by atoms with Crippen LogP contribution in [-0.2, 0) is 11.3 Å². The largest absolute Gasteiger partial charge is 0.491 e. The molecular formula is C13H17NO3. The topological polar surface area (TPSA) is 49.8 Å². The van der Waals surface area contributed by atoms with Crippen LogP contribution in [0.3, 0.4) is 0 Å². The second-order valence-corrected chi connectivity index (χ2v) is 4.10. The van der Waals surface area contributed by atoms with Crippen molar-refractivity contribution in [2.24, 2.45) is 0 Å². The van der Waals surface area contributed by atoms with Crippen molar-refractivity contribution in [1.29, 1.82) is 0 Å². The average Bonchev–Trinajstić information content (AvgIpc) is 2.58. The Balaban J connectivity index is 2.05.